The highest BCUT2D eigenvalue weighted by Crippen LogP contribution is 2.38. The van der Waals surface area contributed by atoms with E-state index in [1.165, 1.54) is 0 Å². The van der Waals surface area contributed by atoms with Gasteiger partial charge in [0.15, 0.2) is 5.69 Å². The maximum atomic E-state index is 12.8. The summed E-state index contributed by atoms with van der Waals surface area (Å²) in [4.78, 5) is 0.674. The summed E-state index contributed by atoms with van der Waals surface area (Å²) in [5.41, 5.74) is 0.467. The number of rotatable bonds is 4. The minimum Gasteiger partial charge on any atom is -0.494 e. The van der Waals surface area contributed by atoms with Crippen molar-refractivity contribution in [1.82, 2.24) is 0 Å². The van der Waals surface area contributed by atoms with Gasteiger partial charge in [0, 0.05) is 11.2 Å². The Balaban J connectivity index is 2.63. The highest BCUT2D eigenvalue weighted by atomic mass is 32.2. The first kappa shape index (κ1) is 14.4. The van der Waals surface area contributed by atoms with Gasteiger partial charge in [-0.1, -0.05) is 24.3 Å². The van der Waals surface area contributed by atoms with E-state index in [0.717, 1.165) is 0 Å². The molecule has 0 spiro atoms. The van der Waals surface area contributed by atoms with E-state index in [-0.39, 0.29) is 0 Å². The largest absolute Gasteiger partial charge is 0.494 e. The van der Waals surface area contributed by atoms with Crippen LogP contribution in [0.15, 0.2) is 57.8 Å². The van der Waals surface area contributed by atoms with Crippen molar-refractivity contribution in [3.63, 3.8) is 0 Å². The summed E-state index contributed by atoms with van der Waals surface area (Å²) >= 11 is 0. The van der Waals surface area contributed by atoms with Gasteiger partial charge in [-0.3, -0.25) is 0 Å². The van der Waals surface area contributed by atoms with Crippen molar-refractivity contribution in [3.05, 3.63) is 48.5 Å². The van der Waals surface area contributed by atoms with Gasteiger partial charge >= 0.3 is 0 Å². The molecule has 106 valence electrons. The first-order valence-corrected chi connectivity index (χ1v) is 7.99. The minimum absolute atomic E-state index is 0.467. The molecule has 0 aliphatic carbocycles. The molecule has 0 aromatic heterocycles. The molecule has 0 fully saturated rings. The van der Waals surface area contributed by atoms with Gasteiger partial charge in [-0.15, -0.1) is 0 Å². The van der Waals surface area contributed by atoms with Crippen LogP contribution in [0.3, 0.4) is 0 Å². The highest BCUT2D eigenvalue weighted by Gasteiger charge is 2.13. The molecule has 5 heteroatoms. The van der Waals surface area contributed by atoms with Gasteiger partial charge in [-0.05, 0) is 24.3 Å². The lowest BCUT2D eigenvalue weighted by molar-refractivity contribution is 0.397. The van der Waals surface area contributed by atoms with E-state index in [9.17, 15) is 4.21 Å². The zero-order valence-corrected chi connectivity index (χ0v) is 12.5. The predicted octanol–water partition coefficient (Wildman–Crippen LogP) is 3.49. The molecule has 0 radical (unpaired) electrons. The molecular formula is C15H17NO3S. The van der Waals surface area contributed by atoms with Crippen LogP contribution in [0.25, 0.3) is 0 Å². The fourth-order valence-corrected chi connectivity index (χ4v) is 3.12. The summed E-state index contributed by atoms with van der Waals surface area (Å²) < 4.78 is 27.7. The Bertz CT molecular complexity index is 682. The Morgan fingerprint density at radius 2 is 1.45 bits per heavy atom. The summed E-state index contributed by atoms with van der Waals surface area (Å²) in [6.45, 7) is 0. The molecule has 0 bridgehead atoms. The topological polar surface area (TPSA) is 47.9 Å². The van der Waals surface area contributed by atoms with Crippen LogP contribution in [0.5, 0.6) is 11.5 Å². The lowest BCUT2D eigenvalue weighted by Crippen LogP contribution is -1.97. The smallest absolute Gasteiger partial charge is 0.157 e. The van der Waals surface area contributed by atoms with Crippen molar-refractivity contribution in [2.45, 2.75) is 4.90 Å². The molecule has 2 rings (SSSR count). The second kappa shape index (κ2) is 5.96. The molecule has 0 heterocycles. The maximum Gasteiger partial charge on any atom is 0.157 e. The number of benzene rings is 2. The molecule has 1 unspecified atom stereocenters. The summed E-state index contributed by atoms with van der Waals surface area (Å²) in [6, 6.07) is 14.5. The van der Waals surface area contributed by atoms with Crippen molar-refractivity contribution >= 4 is 15.4 Å². The van der Waals surface area contributed by atoms with Gasteiger partial charge in [0.2, 0.25) is 0 Å². The molecule has 2 aromatic rings. The standard InChI is InChI=1S/C15H17NO3S/c1-18-13-10-7-11-14(19-2)15(13)16-20(3,17)12-8-5-4-6-9-12/h4-11H,1-3H3. The molecule has 0 saturated carbocycles. The second-order valence-electron chi connectivity index (χ2n) is 4.22. The number of methoxy groups -OCH3 is 2. The Hall–Kier alpha value is -2.01. The lowest BCUT2D eigenvalue weighted by atomic mass is 10.3. The van der Waals surface area contributed by atoms with Crippen molar-refractivity contribution < 1.29 is 13.7 Å². The first-order valence-electron chi connectivity index (χ1n) is 6.06. The minimum atomic E-state index is -2.56. The van der Waals surface area contributed by atoms with E-state index < -0.39 is 9.73 Å². The van der Waals surface area contributed by atoms with Crippen molar-refractivity contribution in [1.29, 1.82) is 0 Å². The van der Waals surface area contributed by atoms with Crippen LogP contribution in [0.1, 0.15) is 0 Å². The van der Waals surface area contributed by atoms with Gasteiger partial charge < -0.3 is 9.47 Å². The van der Waals surface area contributed by atoms with Crippen LogP contribution in [-0.4, -0.2) is 24.7 Å². The molecule has 0 N–H and O–H groups in total. The van der Waals surface area contributed by atoms with E-state index in [1.807, 2.05) is 18.2 Å². The quantitative estimate of drug-likeness (QED) is 0.866. The zero-order chi connectivity index (χ0) is 14.6. The average molecular weight is 291 g/mol. The molecule has 0 aliphatic rings. The van der Waals surface area contributed by atoms with E-state index in [4.69, 9.17) is 9.47 Å². The van der Waals surface area contributed by atoms with Crippen molar-refractivity contribution in [3.8, 4) is 11.5 Å². The summed E-state index contributed by atoms with van der Waals surface area (Å²) in [5, 5.41) is 0. The number of nitrogens with zero attached hydrogens (tertiary/aromatic N) is 1. The van der Waals surface area contributed by atoms with Gasteiger partial charge in [-0.2, -0.15) is 4.36 Å². The Labute approximate surface area is 119 Å². The molecule has 20 heavy (non-hydrogen) atoms. The lowest BCUT2D eigenvalue weighted by Gasteiger charge is -2.11. The summed E-state index contributed by atoms with van der Waals surface area (Å²) in [5.74, 6) is 1.07. The maximum absolute atomic E-state index is 12.8. The zero-order valence-electron chi connectivity index (χ0n) is 11.7. The molecular weight excluding hydrogens is 274 g/mol. The third-order valence-electron chi connectivity index (χ3n) is 2.85. The molecule has 0 aliphatic heterocycles. The van der Waals surface area contributed by atoms with Gasteiger partial charge in [0.25, 0.3) is 0 Å². The summed E-state index contributed by atoms with van der Waals surface area (Å²) in [7, 11) is 0.535. The third-order valence-corrected chi connectivity index (χ3v) is 4.53. The van der Waals surface area contributed by atoms with Crippen LogP contribution in [-0.2, 0) is 9.73 Å². The third kappa shape index (κ3) is 2.93. The average Bonchev–Trinajstić information content (AvgIpc) is 2.48. The normalized spacial score (nSPS) is 13.3. The Kier molecular flexibility index (Phi) is 4.29. The van der Waals surface area contributed by atoms with E-state index in [1.54, 1.807) is 50.8 Å². The SMILES string of the molecule is COc1cccc(OC)c1N=S(C)(=O)c1ccccc1. The van der Waals surface area contributed by atoms with Crippen LogP contribution in [0.2, 0.25) is 0 Å². The number of hydrogen-bond donors (Lipinski definition) is 0. The van der Waals surface area contributed by atoms with Crippen LogP contribution in [0.4, 0.5) is 5.69 Å². The fraction of sp³-hybridized carbons (Fsp3) is 0.200. The van der Waals surface area contributed by atoms with E-state index >= 15 is 0 Å². The van der Waals surface area contributed by atoms with Gasteiger partial charge in [0.1, 0.15) is 11.5 Å². The molecule has 2 aromatic carbocycles. The molecule has 1 atom stereocenters. The highest BCUT2D eigenvalue weighted by molar-refractivity contribution is 7.93. The van der Waals surface area contributed by atoms with E-state index in [0.29, 0.717) is 22.1 Å². The van der Waals surface area contributed by atoms with E-state index in [2.05, 4.69) is 4.36 Å². The monoisotopic (exact) mass is 291 g/mol. The molecule has 4 nitrogen and oxygen atoms in total. The number of ether oxygens (including phenoxy) is 2. The van der Waals surface area contributed by atoms with Crippen LogP contribution < -0.4 is 9.47 Å². The first-order chi connectivity index (χ1) is 9.58. The number of hydrogen-bond acceptors (Lipinski definition) is 4. The second-order valence-corrected chi connectivity index (χ2v) is 6.48. The van der Waals surface area contributed by atoms with Gasteiger partial charge in [-0.25, -0.2) is 4.21 Å². The van der Waals surface area contributed by atoms with Crippen LogP contribution in [0, 0.1) is 0 Å². The van der Waals surface area contributed by atoms with Gasteiger partial charge in [0.05, 0.1) is 23.9 Å². The fourth-order valence-electron chi connectivity index (χ4n) is 1.82. The predicted molar refractivity (Wildman–Crippen MR) is 80.4 cm³/mol. The Morgan fingerprint density at radius 3 is 1.95 bits per heavy atom. The Morgan fingerprint density at radius 1 is 0.900 bits per heavy atom. The summed E-state index contributed by atoms with van der Waals surface area (Å²) in [6.07, 6.45) is 1.61. The van der Waals surface area contributed by atoms with Crippen molar-refractivity contribution in [2.75, 3.05) is 20.5 Å². The molecule has 0 saturated heterocycles. The van der Waals surface area contributed by atoms with Crippen LogP contribution >= 0.6 is 0 Å². The van der Waals surface area contributed by atoms with Crippen molar-refractivity contribution in [2.24, 2.45) is 4.36 Å². The molecule has 0 amide bonds.